The fourth-order valence-corrected chi connectivity index (χ4v) is 1.12. The van der Waals surface area contributed by atoms with Crippen LogP contribution < -0.4 is 0 Å². The molecule has 0 radical (unpaired) electrons. The van der Waals surface area contributed by atoms with Gasteiger partial charge in [0.1, 0.15) is 25.9 Å². The van der Waals surface area contributed by atoms with Gasteiger partial charge in [-0.25, -0.2) is 14.4 Å². The van der Waals surface area contributed by atoms with Gasteiger partial charge in [-0.05, 0) is 6.92 Å². The fourth-order valence-electron chi connectivity index (χ4n) is 1.12. The van der Waals surface area contributed by atoms with E-state index in [4.69, 9.17) is 0 Å². The standard InChI is InChI=1S/2C4H6O3.C3H4O3/c1-3-2-6-4(5)7-3;5-4-6-2-1-3-7-4;4-3-5-1-2-6-3/h3H,2H2,1H3;1-3H2;1-2H2. The zero-order valence-electron chi connectivity index (χ0n) is 11.0. The van der Waals surface area contributed by atoms with Crippen molar-refractivity contribution in [3.63, 3.8) is 0 Å². The molecule has 1 unspecified atom stereocenters. The third kappa shape index (κ3) is 7.29. The molecule has 0 saturated carbocycles. The number of rotatable bonds is 0. The van der Waals surface area contributed by atoms with Gasteiger partial charge in [0, 0.05) is 6.42 Å². The molecule has 3 saturated heterocycles. The van der Waals surface area contributed by atoms with Crippen LogP contribution in [0, 0.1) is 0 Å². The summed E-state index contributed by atoms with van der Waals surface area (Å²) in [5, 5.41) is 0. The lowest BCUT2D eigenvalue weighted by molar-refractivity contribution is 0.0192. The van der Waals surface area contributed by atoms with Crippen LogP contribution in [0.25, 0.3) is 0 Å². The number of ether oxygens (including phenoxy) is 6. The van der Waals surface area contributed by atoms with E-state index in [1.165, 1.54) is 0 Å². The third-order valence-corrected chi connectivity index (χ3v) is 1.98. The van der Waals surface area contributed by atoms with Crippen molar-refractivity contribution in [1.29, 1.82) is 0 Å². The molecule has 3 heterocycles. The van der Waals surface area contributed by atoms with Crippen LogP contribution in [-0.2, 0) is 28.4 Å². The zero-order valence-corrected chi connectivity index (χ0v) is 11.0. The van der Waals surface area contributed by atoms with Crippen molar-refractivity contribution >= 4 is 18.5 Å². The Bertz CT molecular complexity index is 317. The van der Waals surface area contributed by atoms with Gasteiger partial charge in [-0.1, -0.05) is 0 Å². The molecule has 3 fully saturated rings. The molecule has 0 bridgehead atoms. The summed E-state index contributed by atoms with van der Waals surface area (Å²) in [7, 11) is 0. The molecule has 20 heavy (non-hydrogen) atoms. The quantitative estimate of drug-likeness (QED) is 0.481. The summed E-state index contributed by atoms with van der Waals surface area (Å²) in [4.78, 5) is 29.8. The van der Waals surface area contributed by atoms with Crippen LogP contribution >= 0.6 is 0 Å². The highest BCUT2D eigenvalue weighted by Gasteiger charge is 2.19. The van der Waals surface area contributed by atoms with Crippen LogP contribution in [-0.4, -0.2) is 57.6 Å². The van der Waals surface area contributed by atoms with E-state index in [9.17, 15) is 14.4 Å². The minimum absolute atomic E-state index is 0.0486. The Kier molecular flexibility index (Phi) is 7.01. The molecular weight excluding hydrogens is 276 g/mol. The summed E-state index contributed by atoms with van der Waals surface area (Å²) in [6, 6.07) is 0. The van der Waals surface area contributed by atoms with Gasteiger partial charge >= 0.3 is 18.5 Å². The first kappa shape index (κ1) is 15.9. The highest BCUT2D eigenvalue weighted by atomic mass is 16.8. The Labute approximate surface area is 115 Å². The van der Waals surface area contributed by atoms with Crippen molar-refractivity contribution in [2.45, 2.75) is 19.4 Å². The van der Waals surface area contributed by atoms with Crippen molar-refractivity contribution in [3.8, 4) is 0 Å². The maximum absolute atomic E-state index is 10.0. The van der Waals surface area contributed by atoms with Crippen molar-refractivity contribution in [3.05, 3.63) is 0 Å². The van der Waals surface area contributed by atoms with Crippen LogP contribution in [0.1, 0.15) is 13.3 Å². The Balaban J connectivity index is 0.000000151. The number of carbonyl (C=O) groups is 3. The summed E-state index contributed by atoms with van der Waals surface area (Å²) in [5.41, 5.74) is 0. The van der Waals surface area contributed by atoms with Crippen molar-refractivity contribution in [2.24, 2.45) is 0 Å². The minimum atomic E-state index is -0.549. The van der Waals surface area contributed by atoms with Crippen LogP contribution in [0.3, 0.4) is 0 Å². The van der Waals surface area contributed by atoms with Gasteiger partial charge < -0.3 is 28.4 Å². The minimum Gasteiger partial charge on any atom is -0.434 e. The van der Waals surface area contributed by atoms with E-state index in [0.29, 0.717) is 33.0 Å². The molecule has 0 amide bonds. The Hall–Kier alpha value is -2.19. The van der Waals surface area contributed by atoms with Crippen molar-refractivity contribution in [2.75, 3.05) is 33.0 Å². The van der Waals surface area contributed by atoms with E-state index < -0.39 is 18.5 Å². The second kappa shape index (κ2) is 8.83. The first-order valence-corrected chi connectivity index (χ1v) is 6.00. The van der Waals surface area contributed by atoms with Crippen LogP contribution in [0.2, 0.25) is 0 Å². The molecule has 0 aromatic rings. The first-order chi connectivity index (χ1) is 9.58. The lowest BCUT2D eigenvalue weighted by Crippen LogP contribution is -2.16. The topological polar surface area (TPSA) is 107 Å². The highest BCUT2D eigenvalue weighted by Crippen LogP contribution is 2.02. The van der Waals surface area contributed by atoms with Crippen molar-refractivity contribution < 1.29 is 42.8 Å². The summed E-state index contributed by atoms with van der Waals surface area (Å²) in [6.45, 7) is 4.04. The summed E-state index contributed by atoms with van der Waals surface area (Å²) in [6.07, 6.45) is -0.854. The smallest absolute Gasteiger partial charge is 0.434 e. The molecule has 0 aromatic carbocycles. The second-order valence-electron chi connectivity index (χ2n) is 3.74. The normalized spacial score (nSPS) is 23.2. The molecule has 3 rings (SSSR count). The molecule has 0 aromatic heterocycles. The number of carbonyl (C=O) groups excluding carboxylic acids is 3. The number of hydrogen-bond acceptors (Lipinski definition) is 9. The average molecular weight is 292 g/mol. The molecule has 0 aliphatic carbocycles. The van der Waals surface area contributed by atoms with Crippen molar-refractivity contribution in [1.82, 2.24) is 0 Å². The van der Waals surface area contributed by atoms with E-state index in [1.807, 2.05) is 0 Å². The van der Waals surface area contributed by atoms with Gasteiger partial charge in [0.05, 0.1) is 13.2 Å². The lowest BCUT2D eigenvalue weighted by atomic mass is 10.5. The SMILES string of the molecule is CC1COC(=O)O1.O=C1OCCCO1.O=C1OCCO1. The Morgan fingerprint density at radius 1 is 0.750 bits per heavy atom. The molecule has 114 valence electrons. The van der Waals surface area contributed by atoms with Gasteiger partial charge in [-0.15, -0.1) is 0 Å². The van der Waals surface area contributed by atoms with E-state index in [0.717, 1.165) is 6.42 Å². The Morgan fingerprint density at radius 2 is 1.25 bits per heavy atom. The predicted molar refractivity (Wildman–Crippen MR) is 61.1 cm³/mol. The highest BCUT2D eigenvalue weighted by molar-refractivity contribution is 5.61. The molecular formula is C11H16O9. The molecule has 9 heteroatoms. The predicted octanol–water partition coefficient (Wildman–Crippen LogP) is 1.24. The zero-order chi connectivity index (χ0) is 14.8. The van der Waals surface area contributed by atoms with Crippen LogP contribution in [0.15, 0.2) is 0 Å². The molecule has 0 spiro atoms. The molecule has 0 N–H and O–H groups in total. The van der Waals surface area contributed by atoms with E-state index in [1.54, 1.807) is 6.92 Å². The fraction of sp³-hybridized carbons (Fsp3) is 0.727. The largest absolute Gasteiger partial charge is 0.508 e. The van der Waals surface area contributed by atoms with E-state index >= 15 is 0 Å². The first-order valence-electron chi connectivity index (χ1n) is 6.00. The molecule has 3 aliphatic rings. The molecule has 9 nitrogen and oxygen atoms in total. The van der Waals surface area contributed by atoms with Gasteiger partial charge in [0.2, 0.25) is 0 Å². The van der Waals surface area contributed by atoms with Gasteiger partial charge in [-0.3, -0.25) is 0 Å². The summed E-state index contributed by atoms with van der Waals surface area (Å²) < 4.78 is 26.3. The monoisotopic (exact) mass is 292 g/mol. The Morgan fingerprint density at radius 3 is 1.45 bits per heavy atom. The summed E-state index contributed by atoms with van der Waals surface area (Å²) in [5.74, 6) is 0. The van der Waals surface area contributed by atoms with Gasteiger partial charge in [0.25, 0.3) is 0 Å². The second-order valence-corrected chi connectivity index (χ2v) is 3.74. The van der Waals surface area contributed by atoms with Crippen LogP contribution in [0.5, 0.6) is 0 Å². The van der Waals surface area contributed by atoms with Gasteiger partial charge in [0.15, 0.2) is 0 Å². The van der Waals surface area contributed by atoms with Gasteiger partial charge in [-0.2, -0.15) is 0 Å². The molecule has 3 aliphatic heterocycles. The maximum atomic E-state index is 10.0. The number of hydrogen-bond donors (Lipinski definition) is 0. The van der Waals surface area contributed by atoms with E-state index in [-0.39, 0.29) is 6.10 Å². The summed E-state index contributed by atoms with van der Waals surface area (Å²) >= 11 is 0. The maximum Gasteiger partial charge on any atom is 0.508 e. The van der Waals surface area contributed by atoms with E-state index in [2.05, 4.69) is 28.4 Å². The lowest BCUT2D eigenvalue weighted by Gasteiger charge is -2.09. The average Bonchev–Trinajstić information content (AvgIpc) is 3.03. The third-order valence-electron chi connectivity index (χ3n) is 1.98. The molecule has 1 atom stereocenters. The van der Waals surface area contributed by atoms with Crippen LogP contribution in [0.4, 0.5) is 14.4 Å². The number of cyclic esters (lactones) is 6.